The maximum absolute atomic E-state index is 13.3. The number of aliphatic hydroxyl groups excluding tert-OH is 1. The summed E-state index contributed by atoms with van der Waals surface area (Å²) >= 11 is 0. The molecule has 4 aromatic rings. The minimum absolute atomic E-state index is 0.156. The first kappa shape index (κ1) is 20.0. The maximum atomic E-state index is 13.3. The van der Waals surface area contributed by atoms with Crippen LogP contribution in [0.1, 0.15) is 29.7 Å². The lowest BCUT2D eigenvalue weighted by atomic mass is 9.88. The van der Waals surface area contributed by atoms with E-state index in [4.69, 9.17) is 0 Å². The summed E-state index contributed by atoms with van der Waals surface area (Å²) in [5.41, 5.74) is 5.72. The van der Waals surface area contributed by atoms with Gasteiger partial charge in [-0.25, -0.2) is 0 Å². The Labute approximate surface area is 191 Å². The normalized spacial score (nSPS) is 18.4. The average Bonchev–Trinajstić information content (AvgIpc) is 3.42. The lowest BCUT2D eigenvalue weighted by Gasteiger charge is -2.25. The van der Waals surface area contributed by atoms with E-state index in [1.54, 1.807) is 0 Å². The molecule has 33 heavy (non-hydrogen) atoms. The van der Waals surface area contributed by atoms with Gasteiger partial charge in [0.25, 0.3) is 11.8 Å². The molecule has 0 fully saturated rings. The molecule has 2 N–H and O–H groups in total. The number of aromatic nitrogens is 2. The van der Waals surface area contributed by atoms with Crippen molar-refractivity contribution >= 4 is 44.8 Å². The molecular formula is C27H25N3O3. The highest BCUT2D eigenvalue weighted by atomic mass is 16.3. The van der Waals surface area contributed by atoms with Gasteiger partial charge in [-0.1, -0.05) is 36.4 Å². The number of rotatable bonds is 4. The zero-order chi connectivity index (χ0) is 22.7. The minimum atomic E-state index is -0.349. The number of carbonyl (C=O) groups is 2. The van der Waals surface area contributed by atoms with Gasteiger partial charge < -0.3 is 14.2 Å². The van der Waals surface area contributed by atoms with Crippen LogP contribution in [0.2, 0.25) is 0 Å². The fourth-order valence-corrected chi connectivity index (χ4v) is 5.71. The van der Waals surface area contributed by atoms with Crippen molar-refractivity contribution in [3.63, 3.8) is 0 Å². The van der Waals surface area contributed by atoms with Crippen LogP contribution in [0, 0.1) is 5.92 Å². The van der Waals surface area contributed by atoms with Crippen LogP contribution in [-0.4, -0.2) is 32.7 Å². The first-order valence-electron chi connectivity index (χ1n) is 11.4. The number of fused-ring (bicyclic) bond motifs is 4. The second kappa shape index (κ2) is 7.46. The second-order valence-electron chi connectivity index (χ2n) is 9.07. The average molecular weight is 440 g/mol. The van der Waals surface area contributed by atoms with Crippen molar-refractivity contribution in [3.05, 3.63) is 71.5 Å². The monoisotopic (exact) mass is 439 g/mol. The van der Waals surface area contributed by atoms with Gasteiger partial charge in [-0.05, 0) is 37.3 Å². The Bertz CT molecular complexity index is 1490. The zero-order valence-corrected chi connectivity index (χ0v) is 18.5. The van der Waals surface area contributed by atoms with Crippen molar-refractivity contribution in [1.29, 1.82) is 0 Å². The Balaban J connectivity index is 1.67. The molecule has 4 heterocycles. The molecule has 6 heteroatoms. The molecule has 2 amide bonds. The number of aryl methyl sites for hydroxylation is 2. The number of nitrogens with one attached hydrogen (secondary N) is 1. The lowest BCUT2D eigenvalue weighted by molar-refractivity contribution is -0.122. The number of hydrogen-bond donors (Lipinski definition) is 2. The van der Waals surface area contributed by atoms with Gasteiger partial charge in [-0.2, -0.15) is 0 Å². The highest BCUT2D eigenvalue weighted by Crippen LogP contribution is 2.43. The summed E-state index contributed by atoms with van der Waals surface area (Å²) in [4.78, 5) is 26.5. The molecule has 1 unspecified atom stereocenters. The van der Waals surface area contributed by atoms with E-state index < -0.39 is 0 Å². The van der Waals surface area contributed by atoms with Crippen molar-refractivity contribution in [1.82, 2.24) is 14.5 Å². The van der Waals surface area contributed by atoms with E-state index in [1.807, 2.05) is 60.3 Å². The van der Waals surface area contributed by atoms with E-state index in [1.165, 1.54) is 0 Å². The quantitative estimate of drug-likeness (QED) is 0.477. The SMILES string of the molecule is Cn1cc(C2=C(c3c4n(c5ccccc35)CCC(CCO)C4)C(=O)NC2=O)c2ccccc21. The molecule has 0 spiro atoms. The molecule has 2 aromatic carbocycles. The number of nitrogens with zero attached hydrogens (tertiary/aromatic N) is 2. The molecule has 0 bridgehead atoms. The van der Waals surface area contributed by atoms with Gasteiger partial charge in [0.05, 0.1) is 11.1 Å². The lowest BCUT2D eigenvalue weighted by Crippen LogP contribution is -2.23. The van der Waals surface area contributed by atoms with Gasteiger partial charge in [0.2, 0.25) is 0 Å². The summed E-state index contributed by atoms with van der Waals surface area (Å²) < 4.78 is 4.29. The van der Waals surface area contributed by atoms with Gasteiger partial charge in [-0.3, -0.25) is 14.9 Å². The van der Waals surface area contributed by atoms with E-state index in [0.717, 1.165) is 64.4 Å². The number of carbonyl (C=O) groups excluding carboxylic acids is 2. The number of benzene rings is 2. The van der Waals surface area contributed by atoms with Crippen molar-refractivity contribution in [3.8, 4) is 0 Å². The standard InChI is InChI=1S/C27H25N3O3/c1-29-15-19(17-6-2-4-8-20(17)29)24-25(27(33)28-26(24)32)23-18-7-3-5-9-21(18)30-12-10-16(11-13-31)14-22(23)30/h2-9,15-16,31H,10-14H2,1H3,(H,28,32,33). The molecule has 0 radical (unpaired) electrons. The Morgan fingerprint density at radius 1 is 0.970 bits per heavy atom. The van der Waals surface area contributed by atoms with Gasteiger partial charge >= 0.3 is 0 Å². The number of para-hydroxylation sites is 2. The van der Waals surface area contributed by atoms with Gasteiger partial charge in [-0.15, -0.1) is 0 Å². The Kier molecular flexibility index (Phi) is 4.52. The van der Waals surface area contributed by atoms with Crippen LogP contribution in [0.5, 0.6) is 0 Å². The van der Waals surface area contributed by atoms with Crippen LogP contribution < -0.4 is 5.32 Å². The summed E-state index contributed by atoms with van der Waals surface area (Å²) in [6, 6.07) is 16.1. The summed E-state index contributed by atoms with van der Waals surface area (Å²) in [5.74, 6) is -0.336. The summed E-state index contributed by atoms with van der Waals surface area (Å²) in [6.45, 7) is 0.996. The molecule has 0 saturated heterocycles. The van der Waals surface area contributed by atoms with Crippen molar-refractivity contribution < 1.29 is 14.7 Å². The second-order valence-corrected chi connectivity index (χ2v) is 9.07. The zero-order valence-electron chi connectivity index (χ0n) is 18.5. The minimum Gasteiger partial charge on any atom is -0.396 e. The molecule has 0 aliphatic carbocycles. The smallest absolute Gasteiger partial charge is 0.259 e. The largest absolute Gasteiger partial charge is 0.396 e. The van der Waals surface area contributed by atoms with E-state index >= 15 is 0 Å². The molecule has 6 nitrogen and oxygen atoms in total. The first-order valence-corrected chi connectivity index (χ1v) is 11.4. The predicted molar refractivity (Wildman–Crippen MR) is 128 cm³/mol. The predicted octanol–water partition coefficient (Wildman–Crippen LogP) is 3.65. The Morgan fingerprint density at radius 2 is 1.67 bits per heavy atom. The molecule has 2 aromatic heterocycles. The third-order valence-corrected chi connectivity index (χ3v) is 7.21. The van der Waals surface area contributed by atoms with E-state index in [9.17, 15) is 14.7 Å². The number of hydrogen-bond acceptors (Lipinski definition) is 3. The topological polar surface area (TPSA) is 76.3 Å². The van der Waals surface area contributed by atoms with Crippen LogP contribution in [0.3, 0.4) is 0 Å². The molecule has 1 atom stereocenters. The van der Waals surface area contributed by atoms with Gasteiger partial charge in [0, 0.05) is 65.0 Å². The third kappa shape index (κ3) is 2.91. The first-order chi connectivity index (χ1) is 16.1. The van der Waals surface area contributed by atoms with Gasteiger partial charge in [0.15, 0.2) is 0 Å². The fourth-order valence-electron chi connectivity index (χ4n) is 5.71. The summed E-state index contributed by atoms with van der Waals surface area (Å²) in [7, 11) is 1.95. The molecule has 2 aliphatic rings. The van der Waals surface area contributed by atoms with Crippen LogP contribution in [0.15, 0.2) is 54.7 Å². The Hall–Kier alpha value is -3.64. The van der Waals surface area contributed by atoms with E-state index in [2.05, 4.69) is 16.0 Å². The van der Waals surface area contributed by atoms with Crippen LogP contribution >= 0.6 is 0 Å². The van der Waals surface area contributed by atoms with Crippen LogP contribution in [0.4, 0.5) is 0 Å². The summed E-state index contributed by atoms with van der Waals surface area (Å²) in [6.07, 6.45) is 4.45. The molecule has 6 rings (SSSR count). The van der Waals surface area contributed by atoms with Crippen LogP contribution in [-0.2, 0) is 29.6 Å². The molecule has 166 valence electrons. The number of imide groups is 1. The highest BCUT2D eigenvalue weighted by Gasteiger charge is 2.38. The van der Waals surface area contributed by atoms with Crippen molar-refractivity contribution in [2.75, 3.05) is 6.61 Å². The maximum Gasteiger partial charge on any atom is 0.259 e. The van der Waals surface area contributed by atoms with E-state index in [0.29, 0.717) is 17.1 Å². The highest BCUT2D eigenvalue weighted by molar-refractivity contribution is 6.51. The molecule has 0 saturated carbocycles. The number of amides is 2. The Morgan fingerprint density at radius 3 is 2.45 bits per heavy atom. The fraction of sp³-hybridized carbons (Fsp3) is 0.259. The third-order valence-electron chi connectivity index (χ3n) is 7.21. The van der Waals surface area contributed by atoms with Crippen LogP contribution in [0.25, 0.3) is 33.0 Å². The number of aliphatic hydroxyl groups is 1. The van der Waals surface area contributed by atoms with Crippen molar-refractivity contribution in [2.24, 2.45) is 13.0 Å². The van der Waals surface area contributed by atoms with E-state index in [-0.39, 0.29) is 18.4 Å². The summed E-state index contributed by atoms with van der Waals surface area (Å²) in [5, 5.41) is 14.1. The van der Waals surface area contributed by atoms with Gasteiger partial charge in [0.1, 0.15) is 0 Å². The molecular weight excluding hydrogens is 414 g/mol. The molecule has 2 aliphatic heterocycles. The van der Waals surface area contributed by atoms with Crippen molar-refractivity contribution in [2.45, 2.75) is 25.8 Å².